The molecule has 0 aromatic heterocycles. The number of ether oxygens (including phenoxy) is 1. The maximum Gasteiger partial charge on any atom is 0.248 e. The molecule has 2 N–H and O–H groups in total. The minimum absolute atomic E-state index is 0. The first-order chi connectivity index (χ1) is 11.3. The van der Waals surface area contributed by atoms with Gasteiger partial charge in [-0.05, 0) is 31.4 Å². The van der Waals surface area contributed by atoms with Crippen LogP contribution in [0.2, 0.25) is 0 Å². The molecular formula is C17H27IN4O2. The molecule has 0 saturated heterocycles. The lowest BCUT2D eigenvalue weighted by Gasteiger charge is -2.17. The first kappa shape index (κ1) is 20.7. The third-order valence-electron chi connectivity index (χ3n) is 3.72. The highest BCUT2D eigenvalue weighted by Crippen LogP contribution is 2.27. The van der Waals surface area contributed by atoms with Gasteiger partial charge in [0.25, 0.3) is 0 Å². The van der Waals surface area contributed by atoms with Gasteiger partial charge in [-0.25, -0.2) is 4.99 Å². The van der Waals surface area contributed by atoms with Gasteiger partial charge >= 0.3 is 0 Å². The first-order valence-electron chi connectivity index (χ1n) is 8.15. The van der Waals surface area contributed by atoms with Gasteiger partial charge in [-0.15, -0.1) is 24.0 Å². The van der Waals surface area contributed by atoms with Crippen LogP contribution in [0.3, 0.4) is 0 Å². The number of guanidine groups is 1. The van der Waals surface area contributed by atoms with E-state index in [2.05, 4.69) is 21.7 Å². The monoisotopic (exact) mass is 446 g/mol. The Morgan fingerprint density at radius 2 is 2.12 bits per heavy atom. The SMILES string of the molecule is CCNC(=NCC(=O)N1CCc2ccccc21)NCCCOC.I. The smallest absolute Gasteiger partial charge is 0.248 e. The number of amides is 1. The molecule has 1 heterocycles. The zero-order chi connectivity index (χ0) is 16.5. The van der Waals surface area contributed by atoms with Crippen LogP contribution in [-0.2, 0) is 16.0 Å². The van der Waals surface area contributed by atoms with Crippen LogP contribution in [0.25, 0.3) is 0 Å². The Kier molecular flexibility index (Phi) is 9.70. The van der Waals surface area contributed by atoms with Gasteiger partial charge in [0.2, 0.25) is 5.91 Å². The highest BCUT2D eigenvalue weighted by molar-refractivity contribution is 14.0. The highest BCUT2D eigenvalue weighted by Gasteiger charge is 2.23. The lowest BCUT2D eigenvalue weighted by atomic mass is 10.2. The molecule has 1 aliphatic heterocycles. The summed E-state index contributed by atoms with van der Waals surface area (Å²) < 4.78 is 5.02. The average molecular weight is 446 g/mol. The molecule has 6 nitrogen and oxygen atoms in total. The van der Waals surface area contributed by atoms with E-state index < -0.39 is 0 Å². The first-order valence-corrected chi connectivity index (χ1v) is 8.15. The highest BCUT2D eigenvalue weighted by atomic mass is 127. The predicted octanol–water partition coefficient (Wildman–Crippen LogP) is 1.79. The van der Waals surface area contributed by atoms with E-state index in [9.17, 15) is 4.79 Å². The van der Waals surface area contributed by atoms with Crippen LogP contribution >= 0.6 is 24.0 Å². The fourth-order valence-corrected chi connectivity index (χ4v) is 2.59. The molecule has 7 heteroatoms. The molecule has 0 bridgehead atoms. The number of nitrogens with zero attached hydrogens (tertiary/aromatic N) is 2. The van der Waals surface area contributed by atoms with Gasteiger partial charge in [-0.2, -0.15) is 0 Å². The molecular weight excluding hydrogens is 419 g/mol. The van der Waals surface area contributed by atoms with E-state index in [1.165, 1.54) is 5.56 Å². The van der Waals surface area contributed by atoms with Crippen molar-refractivity contribution in [2.75, 3.05) is 44.8 Å². The summed E-state index contributed by atoms with van der Waals surface area (Å²) in [6.45, 7) is 5.12. The van der Waals surface area contributed by atoms with Crippen LogP contribution in [0.4, 0.5) is 5.69 Å². The maximum atomic E-state index is 12.4. The summed E-state index contributed by atoms with van der Waals surface area (Å²) in [5, 5.41) is 6.36. The van der Waals surface area contributed by atoms with E-state index in [1.54, 1.807) is 7.11 Å². The lowest BCUT2D eigenvalue weighted by Crippen LogP contribution is -2.39. The van der Waals surface area contributed by atoms with Gasteiger partial charge in [0.05, 0.1) is 0 Å². The molecule has 134 valence electrons. The number of aliphatic imine (C=N–C) groups is 1. The third-order valence-corrected chi connectivity index (χ3v) is 3.72. The molecule has 0 fully saturated rings. The molecule has 2 rings (SSSR count). The number of fused-ring (bicyclic) bond motifs is 1. The number of rotatable bonds is 7. The fraction of sp³-hybridized carbons (Fsp3) is 0.529. The number of carbonyl (C=O) groups excluding carboxylic acids is 1. The molecule has 1 aromatic carbocycles. The number of anilines is 1. The van der Waals surface area contributed by atoms with Gasteiger partial charge < -0.3 is 20.3 Å². The largest absolute Gasteiger partial charge is 0.385 e. The molecule has 24 heavy (non-hydrogen) atoms. The number of benzene rings is 1. The van der Waals surface area contributed by atoms with Crippen LogP contribution in [0.1, 0.15) is 18.9 Å². The Hall–Kier alpha value is -1.35. The molecule has 0 saturated carbocycles. The number of hydrogen-bond donors (Lipinski definition) is 2. The van der Waals surface area contributed by atoms with E-state index in [0.717, 1.165) is 38.2 Å². The molecule has 0 unspecified atom stereocenters. The normalized spacial score (nSPS) is 13.2. The van der Waals surface area contributed by atoms with Crippen molar-refractivity contribution < 1.29 is 9.53 Å². The van der Waals surface area contributed by atoms with Crippen molar-refractivity contribution in [3.63, 3.8) is 0 Å². The van der Waals surface area contributed by atoms with E-state index in [4.69, 9.17) is 4.74 Å². The maximum absolute atomic E-state index is 12.4. The van der Waals surface area contributed by atoms with E-state index in [-0.39, 0.29) is 36.4 Å². The lowest BCUT2D eigenvalue weighted by molar-refractivity contribution is -0.117. The number of nitrogens with one attached hydrogen (secondary N) is 2. The molecule has 1 aromatic rings. The second-order valence-electron chi connectivity index (χ2n) is 5.39. The van der Waals surface area contributed by atoms with Crippen molar-refractivity contribution in [3.8, 4) is 0 Å². The van der Waals surface area contributed by atoms with Gasteiger partial charge in [-0.3, -0.25) is 4.79 Å². The van der Waals surface area contributed by atoms with Crippen molar-refractivity contribution in [1.82, 2.24) is 10.6 Å². The minimum Gasteiger partial charge on any atom is -0.385 e. The van der Waals surface area contributed by atoms with Crippen molar-refractivity contribution >= 4 is 41.5 Å². The summed E-state index contributed by atoms with van der Waals surface area (Å²) in [7, 11) is 1.69. The second kappa shape index (κ2) is 11.2. The summed E-state index contributed by atoms with van der Waals surface area (Å²) in [5.74, 6) is 0.702. The zero-order valence-corrected chi connectivity index (χ0v) is 16.7. The van der Waals surface area contributed by atoms with Crippen molar-refractivity contribution in [2.45, 2.75) is 19.8 Å². The fourth-order valence-electron chi connectivity index (χ4n) is 2.59. The molecule has 0 radical (unpaired) electrons. The van der Waals surface area contributed by atoms with Gasteiger partial charge in [0, 0.05) is 39.0 Å². The number of methoxy groups -OCH3 is 1. The van der Waals surface area contributed by atoms with E-state index in [0.29, 0.717) is 12.6 Å². The Bertz CT molecular complexity index is 551. The quantitative estimate of drug-likeness (QED) is 0.290. The van der Waals surface area contributed by atoms with Crippen LogP contribution in [0, 0.1) is 0 Å². The van der Waals surface area contributed by atoms with Crippen molar-refractivity contribution in [1.29, 1.82) is 0 Å². The Morgan fingerprint density at radius 1 is 1.33 bits per heavy atom. The summed E-state index contributed by atoms with van der Waals surface area (Å²) in [6, 6.07) is 8.05. The summed E-state index contributed by atoms with van der Waals surface area (Å²) in [5.41, 5.74) is 2.25. The number of halogens is 1. The zero-order valence-electron chi connectivity index (χ0n) is 14.4. The molecule has 1 amide bonds. The van der Waals surface area contributed by atoms with E-state index >= 15 is 0 Å². The summed E-state index contributed by atoms with van der Waals surface area (Å²) >= 11 is 0. The van der Waals surface area contributed by atoms with Gasteiger partial charge in [-0.1, -0.05) is 18.2 Å². The topological polar surface area (TPSA) is 66.0 Å². The van der Waals surface area contributed by atoms with Crippen LogP contribution < -0.4 is 15.5 Å². The average Bonchev–Trinajstić information content (AvgIpc) is 3.00. The Morgan fingerprint density at radius 3 is 2.88 bits per heavy atom. The molecule has 1 aliphatic rings. The van der Waals surface area contributed by atoms with Crippen molar-refractivity contribution in [2.24, 2.45) is 4.99 Å². The molecule has 0 aliphatic carbocycles. The summed E-state index contributed by atoms with van der Waals surface area (Å²) in [4.78, 5) is 18.7. The van der Waals surface area contributed by atoms with E-state index in [1.807, 2.05) is 30.0 Å². The van der Waals surface area contributed by atoms with Gasteiger partial charge in [0.15, 0.2) is 5.96 Å². The van der Waals surface area contributed by atoms with Crippen molar-refractivity contribution in [3.05, 3.63) is 29.8 Å². The van der Waals surface area contributed by atoms with Crippen LogP contribution in [0.5, 0.6) is 0 Å². The number of para-hydroxylation sites is 1. The standard InChI is InChI=1S/C17H26N4O2.HI/c1-3-18-17(19-10-6-12-23-2)20-13-16(22)21-11-9-14-7-4-5-8-15(14)21;/h4-5,7-8H,3,6,9-13H2,1-2H3,(H2,18,19,20);1H. The summed E-state index contributed by atoms with van der Waals surface area (Å²) in [6.07, 6.45) is 1.81. The Labute approximate surface area is 161 Å². The Balaban J connectivity index is 0.00000288. The third kappa shape index (κ3) is 5.94. The molecule has 0 spiro atoms. The second-order valence-corrected chi connectivity index (χ2v) is 5.39. The minimum atomic E-state index is 0. The number of carbonyl (C=O) groups is 1. The predicted molar refractivity (Wildman–Crippen MR) is 108 cm³/mol. The van der Waals surface area contributed by atoms with Crippen LogP contribution in [0.15, 0.2) is 29.3 Å². The van der Waals surface area contributed by atoms with Crippen LogP contribution in [-0.4, -0.2) is 51.8 Å². The molecule has 0 atom stereocenters. The van der Waals surface area contributed by atoms with Gasteiger partial charge in [0.1, 0.15) is 6.54 Å². The number of hydrogen-bond acceptors (Lipinski definition) is 3.